The van der Waals surface area contributed by atoms with Crippen molar-refractivity contribution in [2.45, 2.75) is 38.4 Å². The summed E-state index contributed by atoms with van der Waals surface area (Å²) in [6.07, 6.45) is 1.31. The van der Waals surface area contributed by atoms with Gasteiger partial charge in [0.05, 0.1) is 0 Å². The molecule has 0 saturated carbocycles. The van der Waals surface area contributed by atoms with Crippen molar-refractivity contribution in [1.82, 2.24) is 0 Å². The molecule has 0 aliphatic heterocycles. The molecule has 0 aromatic carbocycles. The molecular formula is C8H14Cl2O. The number of halogens is 2. The molecule has 0 aromatic heterocycles. The van der Waals surface area contributed by atoms with E-state index in [0.29, 0.717) is 6.42 Å². The summed E-state index contributed by atoms with van der Waals surface area (Å²) in [5.41, 5.74) is 0.179. The van der Waals surface area contributed by atoms with Crippen molar-refractivity contribution < 1.29 is 4.79 Å². The van der Waals surface area contributed by atoms with Crippen LogP contribution in [0.25, 0.3) is 0 Å². The first kappa shape index (κ1) is 11.2. The first-order chi connectivity index (χ1) is 4.83. The van der Waals surface area contributed by atoms with Crippen molar-refractivity contribution in [2.24, 2.45) is 5.41 Å². The molecule has 11 heavy (non-hydrogen) atoms. The van der Waals surface area contributed by atoms with Gasteiger partial charge in [-0.25, -0.2) is 0 Å². The molecule has 0 N–H and O–H groups in total. The molecule has 0 saturated heterocycles. The van der Waals surface area contributed by atoms with Gasteiger partial charge >= 0.3 is 0 Å². The van der Waals surface area contributed by atoms with Crippen LogP contribution in [-0.2, 0) is 4.79 Å². The van der Waals surface area contributed by atoms with Crippen LogP contribution in [0.15, 0.2) is 0 Å². The molecule has 3 heteroatoms. The van der Waals surface area contributed by atoms with Crippen LogP contribution in [0.5, 0.6) is 0 Å². The number of Topliss-reactive ketones (excluding diaryl/α,β-unsaturated/α-hetero) is 1. The maximum Gasteiger partial charge on any atom is 0.165 e. The van der Waals surface area contributed by atoms with E-state index in [2.05, 4.69) is 20.8 Å². The van der Waals surface area contributed by atoms with Crippen LogP contribution in [0.1, 0.15) is 33.6 Å². The van der Waals surface area contributed by atoms with Gasteiger partial charge < -0.3 is 0 Å². The van der Waals surface area contributed by atoms with Crippen LogP contribution >= 0.6 is 23.2 Å². The Morgan fingerprint density at radius 3 is 2.09 bits per heavy atom. The first-order valence-electron chi connectivity index (χ1n) is 3.64. The third-order valence-corrected chi connectivity index (χ3v) is 1.85. The Labute approximate surface area is 78.1 Å². The number of hydrogen-bond donors (Lipinski definition) is 0. The van der Waals surface area contributed by atoms with Crippen LogP contribution in [0.2, 0.25) is 0 Å². The Kier molecular flexibility index (Phi) is 4.42. The minimum Gasteiger partial charge on any atom is -0.297 e. The van der Waals surface area contributed by atoms with E-state index in [-0.39, 0.29) is 11.2 Å². The van der Waals surface area contributed by atoms with Crippen LogP contribution in [0.4, 0.5) is 0 Å². The highest BCUT2D eigenvalue weighted by molar-refractivity contribution is 6.53. The predicted octanol–water partition coefficient (Wildman–Crippen LogP) is 3.19. The normalized spacial score (nSPS) is 12.2. The summed E-state index contributed by atoms with van der Waals surface area (Å²) in [4.78, 5) is 10.1. The predicted molar refractivity (Wildman–Crippen MR) is 49.2 cm³/mol. The Bertz CT molecular complexity index is 136. The zero-order chi connectivity index (χ0) is 9.07. The monoisotopic (exact) mass is 196 g/mol. The van der Waals surface area contributed by atoms with Gasteiger partial charge in [0.1, 0.15) is 0 Å². The molecule has 0 atom stereocenters. The quantitative estimate of drug-likeness (QED) is 0.635. The lowest BCUT2D eigenvalue weighted by atomic mass is 9.90. The average Bonchev–Trinajstić information content (AvgIpc) is 1.80. The van der Waals surface area contributed by atoms with Crippen LogP contribution in [0, 0.1) is 5.41 Å². The highest BCUT2D eigenvalue weighted by Crippen LogP contribution is 2.22. The fraction of sp³-hybridized carbons (Fsp3) is 0.875. The third-order valence-electron chi connectivity index (χ3n) is 1.36. The fourth-order valence-corrected chi connectivity index (χ4v) is 0.826. The summed E-state index contributed by atoms with van der Waals surface area (Å²) in [5, 5.41) is 0. The van der Waals surface area contributed by atoms with Crippen molar-refractivity contribution in [1.29, 1.82) is 0 Å². The molecule has 0 aromatic rings. The summed E-state index contributed by atoms with van der Waals surface area (Å²) in [7, 11) is 0. The van der Waals surface area contributed by atoms with Gasteiger partial charge in [0.15, 0.2) is 10.6 Å². The van der Waals surface area contributed by atoms with Crippen molar-refractivity contribution in [3.8, 4) is 0 Å². The number of hydrogen-bond acceptors (Lipinski definition) is 1. The standard InChI is InChI=1S/C8H14Cl2O/c1-8(2,3)5-4-6(11)7(9)10/h7H,4-5H2,1-3H3. The number of rotatable bonds is 3. The molecule has 0 aliphatic rings. The smallest absolute Gasteiger partial charge is 0.165 e. The molecule has 0 radical (unpaired) electrons. The maximum absolute atomic E-state index is 10.9. The molecular weight excluding hydrogens is 183 g/mol. The SMILES string of the molecule is CC(C)(C)CCC(=O)C(Cl)Cl. The van der Waals surface area contributed by atoms with Crippen molar-refractivity contribution in [3.63, 3.8) is 0 Å². The Hall–Kier alpha value is 0.250. The lowest BCUT2D eigenvalue weighted by Crippen LogP contribution is -2.13. The molecule has 0 aliphatic carbocycles. The number of carbonyl (C=O) groups is 1. The van der Waals surface area contributed by atoms with Gasteiger partial charge in [-0.05, 0) is 11.8 Å². The zero-order valence-corrected chi connectivity index (χ0v) is 8.67. The molecule has 66 valence electrons. The zero-order valence-electron chi connectivity index (χ0n) is 7.16. The van der Waals surface area contributed by atoms with Gasteiger partial charge in [-0.2, -0.15) is 0 Å². The van der Waals surface area contributed by atoms with Gasteiger partial charge in [0.2, 0.25) is 0 Å². The van der Waals surface area contributed by atoms with Crippen molar-refractivity contribution >= 4 is 29.0 Å². The van der Waals surface area contributed by atoms with E-state index in [0.717, 1.165) is 6.42 Å². The largest absolute Gasteiger partial charge is 0.297 e. The summed E-state index contributed by atoms with van der Waals surface area (Å²) in [6, 6.07) is 0. The molecule has 0 amide bonds. The topological polar surface area (TPSA) is 17.1 Å². The second kappa shape index (κ2) is 4.32. The molecule has 0 spiro atoms. The highest BCUT2D eigenvalue weighted by Gasteiger charge is 2.16. The van der Waals surface area contributed by atoms with Gasteiger partial charge in [-0.3, -0.25) is 4.79 Å². The first-order valence-corrected chi connectivity index (χ1v) is 4.51. The van der Waals surface area contributed by atoms with Crippen LogP contribution < -0.4 is 0 Å². The Morgan fingerprint density at radius 1 is 1.36 bits per heavy atom. The summed E-state index contributed by atoms with van der Waals surface area (Å²) >= 11 is 10.7. The second-order valence-corrected chi connectivity index (χ2v) is 4.92. The van der Waals surface area contributed by atoms with Gasteiger partial charge in [-0.15, -0.1) is 0 Å². The number of carbonyl (C=O) groups excluding carboxylic acids is 1. The second-order valence-electron chi connectivity index (χ2n) is 3.83. The number of alkyl halides is 2. The minimum atomic E-state index is -0.850. The Morgan fingerprint density at radius 2 is 1.82 bits per heavy atom. The third kappa shape index (κ3) is 6.64. The molecule has 1 nitrogen and oxygen atoms in total. The van der Waals surface area contributed by atoms with E-state index in [4.69, 9.17) is 23.2 Å². The summed E-state index contributed by atoms with van der Waals surface area (Å²) in [6.45, 7) is 6.24. The molecule has 0 unspecified atom stereocenters. The van der Waals surface area contributed by atoms with E-state index in [1.54, 1.807) is 0 Å². The Balaban J connectivity index is 3.64. The summed E-state index contributed by atoms with van der Waals surface area (Å²) in [5.74, 6) is -0.0803. The molecule has 0 heterocycles. The van der Waals surface area contributed by atoms with Crippen molar-refractivity contribution in [3.05, 3.63) is 0 Å². The minimum absolute atomic E-state index is 0.0803. The van der Waals surface area contributed by atoms with Gasteiger partial charge in [0, 0.05) is 6.42 Å². The lowest BCUT2D eigenvalue weighted by molar-refractivity contribution is -0.117. The highest BCUT2D eigenvalue weighted by atomic mass is 35.5. The molecule has 0 fully saturated rings. The fourth-order valence-electron chi connectivity index (χ4n) is 0.607. The summed E-state index contributed by atoms with van der Waals surface area (Å²) < 4.78 is 0. The van der Waals surface area contributed by atoms with E-state index < -0.39 is 4.84 Å². The van der Waals surface area contributed by atoms with E-state index in [1.165, 1.54) is 0 Å². The molecule has 0 bridgehead atoms. The average molecular weight is 197 g/mol. The number of ketones is 1. The van der Waals surface area contributed by atoms with E-state index in [1.807, 2.05) is 0 Å². The molecule has 0 rings (SSSR count). The van der Waals surface area contributed by atoms with Gasteiger partial charge in [-0.1, -0.05) is 44.0 Å². The van der Waals surface area contributed by atoms with E-state index >= 15 is 0 Å². The lowest BCUT2D eigenvalue weighted by Gasteiger charge is -2.16. The van der Waals surface area contributed by atoms with Crippen LogP contribution in [0.3, 0.4) is 0 Å². The van der Waals surface area contributed by atoms with Crippen molar-refractivity contribution in [2.75, 3.05) is 0 Å². The van der Waals surface area contributed by atoms with E-state index in [9.17, 15) is 4.79 Å². The maximum atomic E-state index is 10.9. The van der Waals surface area contributed by atoms with Crippen LogP contribution in [-0.4, -0.2) is 10.6 Å². The van der Waals surface area contributed by atoms with Gasteiger partial charge in [0.25, 0.3) is 0 Å².